The van der Waals surface area contributed by atoms with E-state index in [0.717, 1.165) is 36.0 Å². The molecule has 1 aromatic heterocycles. The molecule has 0 bridgehead atoms. The standard InChI is InChI=1S/C15H18BrN3O/c16-7-2-1-6-15(20)18-14-5-3-4-13(10-14)11-19-9-8-17-12-19/h3-5,8-10,12H,1-2,6-7,11H2,(H,18,20). The molecule has 1 N–H and O–H groups in total. The van der Waals surface area contributed by atoms with Crippen LogP contribution in [0.2, 0.25) is 0 Å². The van der Waals surface area contributed by atoms with Crippen molar-refractivity contribution < 1.29 is 4.79 Å². The molecular weight excluding hydrogens is 318 g/mol. The van der Waals surface area contributed by atoms with Crippen LogP contribution >= 0.6 is 15.9 Å². The zero-order chi connectivity index (χ0) is 14.2. The molecule has 0 radical (unpaired) electrons. The number of nitrogens with one attached hydrogen (secondary N) is 1. The third-order valence-electron chi connectivity index (χ3n) is 2.92. The van der Waals surface area contributed by atoms with Crippen LogP contribution in [0.4, 0.5) is 5.69 Å². The Balaban J connectivity index is 1.90. The lowest BCUT2D eigenvalue weighted by atomic mass is 10.2. The van der Waals surface area contributed by atoms with Gasteiger partial charge in [0, 0.05) is 36.4 Å². The van der Waals surface area contributed by atoms with Gasteiger partial charge in [0.25, 0.3) is 0 Å². The summed E-state index contributed by atoms with van der Waals surface area (Å²) in [5.74, 6) is 0.0748. The lowest BCUT2D eigenvalue weighted by Gasteiger charge is -2.08. The molecule has 0 aliphatic carbocycles. The van der Waals surface area contributed by atoms with Crippen molar-refractivity contribution >= 4 is 27.5 Å². The Morgan fingerprint density at radius 3 is 3.00 bits per heavy atom. The van der Waals surface area contributed by atoms with Crippen molar-refractivity contribution in [2.24, 2.45) is 0 Å². The molecule has 1 heterocycles. The maximum absolute atomic E-state index is 11.8. The van der Waals surface area contributed by atoms with E-state index >= 15 is 0 Å². The van der Waals surface area contributed by atoms with Crippen molar-refractivity contribution in [3.8, 4) is 0 Å². The molecule has 0 aliphatic heterocycles. The van der Waals surface area contributed by atoms with Gasteiger partial charge in [0.2, 0.25) is 5.91 Å². The summed E-state index contributed by atoms with van der Waals surface area (Å²) in [5, 5.41) is 3.89. The van der Waals surface area contributed by atoms with Crippen LogP contribution in [-0.2, 0) is 11.3 Å². The molecule has 0 unspecified atom stereocenters. The number of hydrogen-bond acceptors (Lipinski definition) is 2. The van der Waals surface area contributed by atoms with Crippen LogP contribution in [0.1, 0.15) is 24.8 Å². The summed E-state index contributed by atoms with van der Waals surface area (Å²) in [5.41, 5.74) is 1.99. The van der Waals surface area contributed by atoms with E-state index in [1.54, 1.807) is 12.5 Å². The Morgan fingerprint density at radius 2 is 2.25 bits per heavy atom. The predicted molar refractivity (Wildman–Crippen MR) is 84.0 cm³/mol. The highest BCUT2D eigenvalue weighted by Gasteiger charge is 2.03. The number of hydrogen-bond donors (Lipinski definition) is 1. The first-order valence-corrected chi connectivity index (χ1v) is 7.80. The van der Waals surface area contributed by atoms with Gasteiger partial charge in [-0.2, -0.15) is 0 Å². The summed E-state index contributed by atoms with van der Waals surface area (Å²) in [6, 6.07) is 7.92. The molecule has 2 aromatic rings. The number of unbranched alkanes of at least 4 members (excludes halogenated alkanes) is 1. The SMILES string of the molecule is O=C(CCCCBr)Nc1cccc(Cn2ccnc2)c1. The fourth-order valence-electron chi connectivity index (χ4n) is 1.94. The van der Waals surface area contributed by atoms with Gasteiger partial charge in [-0.25, -0.2) is 4.98 Å². The van der Waals surface area contributed by atoms with Gasteiger partial charge in [-0.05, 0) is 30.5 Å². The molecule has 1 amide bonds. The van der Waals surface area contributed by atoms with E-state index in [9.17, 15) is 4.79 Å². The van der Waals surface area contributed by atoms with E-state index in [1.165, 1.54) is 0 Å². The van der Waals surface area contributed by atoms with Gasteiger partial charge in [0.1, 0.15) is 0 Å². The van der Waals surface area contributed by atoms with E-state index in [0.29, 0.717) is 6.42 Å². The molecule has 4 nitrogen and oxygen atoms in total. The molecule has 0 fully saturated rings. The summed E-state index contributed by atoms with van der Waals surface area (Å²) >= 11 is 3.36. The Morgan fingerprint density at radius 1 is 1.35 bits per heavy atom. The van der Waals surface area contributed by atoms with Crippen molar-refractivity contribution in [3.05, 3.63) is 48.5 Å². The largest absolute Gasteiger partial charge is 0.333 e. The highest BCUT2D eigenvalue weighted by Crippen LogP contribution is 2.13. The fraction of sp³-hybridized carbons (Fsp3) is 0.333. The molecule has 0 saturated heterocycles. The molecule has 0 aliphatic rings. The zero-order valence-corrected chi connectivity index (χ0v) is 12.8. The molecule has 2 rings (SSSR count). The zero-order valence-electron chi connectivity index (χ0n) is 11.3. The monoisotopic (exact) mass is 335 g/mol. The number of imidazole rings is 1. The summed E-state index contributed by atoms with van der Waals surface area (Å²) in [4.78, 5) is 15.8. The highest BCUT2D eigenvalue weighted by atomic mass is 79.9. The van der Waals surface area contributed by atoms with E-state index in [-0.39, 0.29) is 5.91 Å². The van der Waals surface area contributed by atoms with Crippen LogP contribution < -0.4 is 5.32 Å². The van der Waals surface area contributed by atoms with E-state index in [2.05, 4.69) is 26.2 Å². The number of rotatable bonds is 7. The topological polar surface area (TPSA) is 46.9 Å². The molecule has 20 heavy (non-hydrogen) atoms. The lowest BCUT2D eigenvalue weighted by Crippen LogP contribution is -2.11. The highest BCUT2D eigenvalue weighted by molar-refractivity contribution is 9.09. The number of anilines is 1. The number of aromatic nitrogens is 2. The van der Waals surface area contributed by atoms with Gasteiger partial charge in [0.15, 0.2) is 0 Å². The second-order valence-electron chi connectivity index (χ2n) is 4.63. The smallest absolute Gasteiger partial charge is 0.224 e. The first kappa shape index (κ1) is 14.8. The number of amides is 1. The lowest BCUT2D eigenvalue weighted by molar-refractivity contribution is -0.116. The van der Waals surface area contributed by atoms with Crippen LogP contribution in [0.5, 0.6) is 0 Å². The fourth-order valence-corrected chi connectivity index (χ4v) is 2.34. The van der Waals surface area contributed by atoms with Crippen LogP contribution in [0.25, 0.3) is 0 Å². The van der Waals surface area contributed by atoms with Crippen LogP contribution in [0, 0.1) is 0 Å². The Hall–Kier alpha value is -1.62. The molecule has 0 atom stereocenters. The number of halogens is 1. The van der Waals surface area contributed by atoms with E-state index in [1.807, 2.05) is 35.0 Å². The van der Waals surface area contributed by atoms with Crippen LogP contribution in [0.15, 0.2) is 43.0 Å². The molecule has 1 aromatic carbocycles. The summed E-state index contributed by atoms with van der Waals surface area (Å²) < 4.78 is 2.00. The van der Waals surface area contributed by atoms with Crippen molar-refractivity contribution in [2.75, 3.05) is 10.6 Å². The van der Waals surface area contributed by atoms with Gasteiger partial charge in [-0.1, -0.05) is 28.1 Å². The minimum Gasteiger partial charge on any atom is -0.333 e. The molecule has 106 valence electrons. The minimum absolute atomic E-state index is 0.0748. The second-order valence-corrected chi connectivity index (χ2v) is 5.42. The number of nitrogens with zero attached hydrogens (tertiary/aromatic N) is 2. The number of alkyl halides is 1. The van der Waals surface area contributed by atoms with Gasteiger partial charge in [0.05, 0.1) is 6.33 Å². The summed E-state index contributed by atoms with van der Waals surface area (Å²) in [6.45, 7) is 0.757. The first-order valence-electron chi connectivity index (χ1n) is 6.68. The van der Waals surface area contributed by atoms with Crippen molar-refractivity contribution in [1.29, 1.82) is 0 Å². The van der Waals surface area contributed by atoms with Crippen molar-refractivity contribution in [3.63, 3.8) is 0 Å². The van der Waals surface area contributed by atoms with Crippen molar-refractivity contribution in [2.45, 2.75) is 25.8 Å². The Labute approximate surface area is 127 Å². The first-order chi connectivity index (χ1) is 9.78. The minimum atomic E-state index is 0.0748. The van der Waals surface area contributed by atoms with Crippen molar-refractivity contribution in [1.82, 2.24) is 9.55 Å². The van der Waals surface area contributed by atoms with Gasteiger partial charge in [-0.3, -0.25) is 4.79 Å². The average molecular weight is 336 g/mol. The molecule has 0 saturated carbocycles. The maximum atomic E-state index is 11.8. The number of carbonyl (C=O) groups is 1. The maximum Gasteiger partial charge on any atom is 0.224 e. The van der Waals surface area contributed by atoms with Crippen LogP contribution in [-0.4, -0.2) is 20.8 Å². The quantitative estimate of drug-likeness (QED) is 0.622. The molecular formula is C15H18BrN3O. The predicted octanol–water partition coefficient (Wildman–Crippen LogP) is 3.44. The van der Waals surface area contributed by atoms with E-state index in [4.69, 9.17) is 0 Å². The Bertz CT molecular complexity index is 540. The van der Waals surface area contributed by atoms with Gasteiger partial charge in [-0.15, -0.1) is 0 Å². The molecule has 0 spiro atoms. The van der Waals surface area contributed by atoms with E-state index < -0.39 is 0 Å². The van der Waals surface area contributed by atoms with Gasteiger partial charge >= 0.3 is 0 Å². The number of carbonyl (C=O) groups excluding carboxylic acids is 1. The third-order valence-corrected chi connectivity index (χ3v) is 3.48. The average Bonchev–Trinajstić information content (AvgIpc) is 2.92. The normalized spacial score (nSPS) is 10.4. The second kappa shape index (κ2) is 7.85. The summed E-state index contributed by atoms with van der Waals surface area (Å²) in [6.07, 6.45) is 7.96. The number of benzene rings is 1. The Kier molecular flexibility index (Phi) is 5.80. The third kappa shape index (κ3) is 4.81. The summed E-state index contributed by atoms with van der Waals surface area (Å²) in [7, 11) is 0. The van der Waals surface area contributed by atoms with Gasteiger partial charge < -0.3 is 9.88 Å². The van der Waals surface area contributed by atoms with Crippen LogP contribution in [0.3, 0.4) is 0 Å². The molecule has 5 heteroatoms.